The molecule has 2 unspecified atom stereocenters. The fourth-order valence-electron chi connectivity index (χ4n) is 4.35. The number of halogens is 3. The van der Waals surface area contributed by atoms with Gasteiger partial charge in [-0.2, -0.15) is 5.26 Å². The SMILES string of the molecule is N#Cc1ccc(CN2CC3C(CNCc4cccc(OC(F)(F)F)c4)C3C2)cc1. The van der Waals surface area contributed by atoms with E-state index in [0.717, 1.165) is 31.7 Å². The average molecular weight is 401 g/mol. The zero-order valence-corrected chi connectivity index (χ0v) is 15.8. The van der Waals surface area contributed by atoms with Gasteiger partial charge in [0.05, 0.1) is 11.6 Å². The van der Waals surface area contributed by atoms with Crippen LogP contribution in [0.2, 0.25) is 0 Å². The summed E-state index contributed by atoms with van der Waals surface area (Å²) in [5.41, 5.74) is 2.68. The summed E-state index contributed by atoms with van der Waals surface area (Å²) < 4.78 is 40.9. The first-order valence-corrected chi connectivity index (χ1v) is 9.68. The second kappa shape index (κ2) is 8.05. The van der Waals surface area contributed by atoms with Crippen LogP contribution < -0.4 is 10.1 Å². The van der Waals surface area contributed by atoms with Crippen LogP contribution in [0.25, 0.3) is 0 Å². The molecular formula is C22H22F3N3O. The van der Waals surface area contributed by atoms with Crippen molar-refractivity contribution in [1.29, 1.82) is 5.26 Å². The Balaban J connectivity index is 1.18. The summed E-state index contributed by atoms with van der Waals surface area (Å²) in [4.78, 5) is 2.45. The minimum atomic E-state index is -4.67. The van der Waals surface area contributed by atoms with Crippen molar-refractivity contribution in [1.82, 2.24) is 10.2 Å². The van der Waals surface area contributed by atoms with Crippen molar-refractivity contribution in [3.63, 3.8) is 0 Å². The molecule has 2 atom stereocenters. The van der Waals surface area contributed by atoms with E-state index in [1.807, 2.05) is 24.3 Å². The largest absolute Gasteiger partial charge is 0.573 e. The lowest BCUT2D eigenvalue weighted by Gasteiger charge is -2.19. The first-order valence-electron chi connectivity index (χ1n) is 9.68. The molecule has 4 nitrogen and oxygen atoms in total. The molecule has 2 aromatic rings. The number of ether oxygens (including phenoxy) is 1. The molecule has 1 N–H and O–H groups in total. The normalized spacial score (nSPS) is 23.4. The maximum atomic E-state index is 12.3. The van der Waals surface area contributed by atoms with Crippen LogP contribution >= 0.6 is 0 Å². The van der Waals surface area contributed by atoms with Crippen LogP contribution in [0.4, 0.5) is 13.2 Å². The molecule has 0 radical (unpaired) electrons. The number of nitrogens with zero attached hydrogens (tertiary/aromatic N) is 2. The van der Waals surface area contributed by atoms with E-state index in [2.05, 4.69) is 21.0 Å². The van der Waals surface area contributed by atoms with Gasteiger partial charge in [-0.15, -0.1) is 13.2 Å². The van der Waals surface area contributed by atoms with Gasteiger partial charge in [0.25, 0.3) is 0 Å². The Morgan fingerprint density at radius 2 is 1.79 bits per heavy atom. The van der Waals surface area contributed by atoms with Crippen molar-refractivity contribution in [2.24, 2.45) is 17.8 Å². The summed E-state index contributed by atoms with van der Waals surface area (Å²) in [6.45, 7) is 4.47. The van der Waals surface area contributed by atoms with Gasteiger partial charge in [-0.25, -0.2) is 0 Å². The molecule has 1 aliphatic carbocycles. The topological polar surface area (TPSA) is 48.3 Å². The molecule has 0 spiro atoms. The van der Waals surface area contributed by atoms with Gasteiger partial charge < -0.3 is 10.1 Å². The number of nitriles is 1. The molecule has 29 heavy (non-hydrogen) atoms. The average Bonchev–Trinajstić information content (AvgIpc) is 3.12. The number of benzene rings is 2. The van der Waals surface area contributed by atoms with Gasteiger partial charge in [0, 0.05) is 26.2 Å². The number of alkyl halides is 3. The standard InChI is InChI=1S/C22H22F3N3O/c23-22(24,25)29-18-3-1-2-17(8-18)10-27-11-19-20-13-28(14-21(19)20)12-16-6-4-15(9-26)5-7-16/h1-8,19-21,27H,10-14H2. The molecule has 2 aromatic carbocycles. The highest BCUT2D eigenvalue weighted by Crippen LogP contribution is 2.51. The van der Waals surface area contributed by atoms with Crippen molar-refractivity contribution in [3.8, 4) is 11.8 Å². The second-order valence-electron chi connectivity index (χ2n) is 7.82. The van der Waals surface area contributed by atoms with Crippen LogP contribution in [0.5, 0.6) is 5.75 Å². The number of likely N-dealkylation sites (tertiary alicyclic amines) is 1. The summed E-state index contributed by atoms with van der Waals surface area (Å²) in [5, 5.41) is 12.2. The van der Waals surface area contributed by atoms with Crippen LogP contribution in [0, 0.1) is 29.1 Å². The molecule has 1 saturated heterocycles. The molecule has 0 bridgehead atoms. The number of fused-ring (bicyclic) bond motifs is 1. The van der Waals surface area contributed by atoms with E-state index in [4.69, 9.17) is 5.26 Å². The third kappa shape index (κ3) is 5.08. The number of hydrogen-bond donors (Lipinski definition) is 1. The number of rotatable bonds is 7. The van der Waals surface area contributed by atoms with Gasteiger partial charge in [-0.3, -0.25) is 4.90 Å². The lowest BCUT2D eigenvalue weighted by atomic mass is 10.1. The summed E-state index contributed by atoms with van der Waals surface area (Å²) in [6.07, 6.45) is -4.67. The summed E-state index contributed by atoms with van der Waals surface area (Å²) in [6, 6.07) is 16.0. The van der Waals surface area contributed by atoms with Gasteiger partial charge in [-0.05, 0) is 59.7 Å². The highest BCUT2D eigenvalue weighted by atomic mass is 19.4. The van der Waals surface area contributed by atoms with Crippen LogP contribution in [-0.2, 0) is 13.1 Å². The van der Waals surface area contributed by atoms with E-state index in [1.165, 1.54) is 17.7 Å². The van der Waals surface area contributed by atoms with Gasteiger partial charge in [0.1, 0.15) is 5.75 Å². The fraction of sp³-hybridized carbons (Fsp3) is 0.409. The van der Waals surface area contributed by atoms with Gasteiger partial charge in [-0.1, -0.05) is 24.3 Å². The smallest absolute Gasteiger partial charge is 0.406 e. The second-order valence-corrected chi connectivity index (χ2v) is 7.82. The summed E-state index contributed by atoms with van der Waals surface area (Å²) in [5.74, 6) is 1.85. The quantitative estimate of drug-likeness (QED) is 0.764. The van der Waals surface area contributed by atoms with Crippen molar-refractivity contribution in [2.45, 2.75) is 19.5 Å². The van der Waals surface area contributed by atoms with E-state index in [1.54, 1.807) is 12.1 Å². The number of hydrogen-bond acceptors (Lipinski definition) is 4. The Morgan fingerprint density at radius 1 is 1.07 bits per heavy atom. The highest BCUT2D eigenvalue weighted by molar-refractivity contribution is 5.32. The zero-order chi connectivity index (χ0) is 20.4. The Labute approximate surface area is 167 Å². The first-order chi connectivity index (χ1) is 13.9. The lowest BCUT2D eigenvalue weighted by Crippen LogP contribution is -2.27. The molecule has 2 fully saturated rings. The molecule has 0 aromatic heterocycles. The maximum absolute atomic E-state index is 12.3. The van der Waals surface area contributed by atoms with Gasteiger partial charge >= 0.3 is 6.36 Å². The van der Waals surface area contributed by atoms with Crippen LogP contribution in [0.15, 0.2) is 48.5 Å². The Kier molecular flexibility index (Phi) is 5.48. The predicted octanol–water partition coefficient (Wildman–Crippen LogP) is 3.92. The summed E-state index contributed by atoms with van der Waals surface area (Å²) in [7, 11) is 0. The number of nitrogens with one attached hydrogen (secondary N) is 1. The molecular weight excluding hydrogens is 379 g/mol. The van der Waals surface area contributed by atoms with Crippen LogP contribution in [0.1, 0.15) is 16.7 Å². The molecule has 7 heteroatoms. The molecule has 2 aliphatic rings. The minimum absolute atomic E-state index is 0.182. The first kappa shape index (κ1) is 19.7. The highest BCUT2D eigenvalue weighted by Gasteiger charge is 2.54. The zero-order valence-electron chi connectivity index (χ0n) is 15.8. The molecule has 1 aliphatic heterocycles. The van der Waals surface area contributed by atoms with Crippen molar-refractivity contribution < 1.29 is 17.9 Å². The van der Waals surface area contributed by atoms with E-state index in [9.17, 15) is 13.2 Å². The fourth-order valence-corrected chi connectivity index (χ4v) is 4.35. The van der Waals surface area contributed by atoms with Crippen molar-refractivity contribution in [3.05, 3.63) is 65.2 Å². The van der Waals surface area contributed by atoms with E-state index >= 15 is 0 Å². The van der Waals surface area contributed by atoms with Crippen molar-refractivity contribution >= 4 is 0 Å². The molecule has 1 heterocycles. The van der Waals surface area contributed by atoms with Gasteiger partial charge in [0.2, 0.25) is 0 Å². The third-order valence-electron chi connectivity index (χ3n) is 5.78. The van der Waals surface area contributed by atoms with E-state index in [-0.39, 0.29) is 5.75 Å². The monoisotopic (exact) mass is 401 g/mol. The Hall–Kier alpha value is -2.56. The molecule has 4 rings (SSSR count). The van der Waals surface area contributed by atoms with Crippen molar-refractivity contribution in [2.75, 3.05) is 19.6 Å². The lowest BCUT2D eigenvalue weighted by molar-refractivity contribution is -0.274. The number of piperidine rings is 1. The van der Waals surface area contributed by atoms with E-state index < -0.39 is 6.36 Å². The molecule has 152 valence electrons. The van der Waals surface area contributed by atoms with E-state index in [0.29, 0.717) is 29.9 Å². The summed E-state index contributed by atoms with van der Waals surface area (Å²) >= 11 is 0. The Bertz CT molecular complexity index is 879. The Morgan fingerprint density at radius 3 is 2.45 bits per heavy atom. The molecule has 1 saturated carbocycles. The van der Waals surface area contributed by atoms with Crippen LogP contribution in [0.3, 0.4) is 0 Å². The molecule has 0 amide bonds. The predicted molar refractivity (Wildman–Crippen MR) is 102 cm³/mol. The van der Waals surface area contributed by atoms with Gasteiger partial charge in [0.15, 0.2) is 0 Å². The maximum Gasteiger partial charge on any atom is 0.573 e. The minimum Gasteiger partial charge on any atom is -0.406 e. The van der Waals surface area contributed by atoms with Crippen LogP contribution in [-0.4, -0.2) is 30.9 Å². The third-order valence-corrected chi connectivity index (χ3v) is 5.78.